The lowest BCUT2D eigenvalue weighted by molar-refractivity contribution is -0.00554. The summed E-state index contributed by atoms with van der Waals surface area (Å²) >= 11 is 0. The van der Waals surface area contributed by atoms with E-state index in [2.05, 4.69) is 4.98 Å². The second-order valence-electron chi connectivity index (χ2n) is 4.68. The van der Waals surface area contributed by atoms with Crippen LogP contribution in [0.15, 0.2) is 18.3 Å². The molecule has 0 aromatic carbocycles. The number of methoxy groups -OCH3 is 1. The molecule has 1 N–H and O–H groups in total. The Hall–Kier alpha value is -1.66. The number of amides is 1. The number of aliphatic hydroxyl groups is 1. The Balaban J connectivity index is 1.87. The van der Waals surface area contributed by atoms with E-state index in [1.54, 1.807) is 19.2 Å². The Kier molecular flexibility index (Phi) is 5.31. The number of hydrogen-bond acceptors (Lipinski definition) is 5. The highest BCUT2D eigenvalue weighted by Gasteiger charge is 2.24. The van der Waals surface area contributed by atoms with E-state index >= 15 is 0 Å². The first-order valence-electron chi connectivity index (χ1n) is 6.76. The zero-order valence-electron chi connectivity index (χ0n) is 11.6. The number of piperidine rings is 1. The average Bonchev–Trinajstić information content (AvgIpc) is 2.53. The molecular formula is C14H20N2O4. The second kappa shape index (κ2) is 7.21. The van der Waals surface area contributed by atoms with E-state index < -0.39 is 0 Å². The molecule has 1 fully saturated rings. The van der Waals surface area contributed by atoms with Crippen molar-refractivity contribution in [3.8, 4) is 5.88 Å². The fraction of sp³-hybridized carbons (Fsp3) is 0.571. The molecule has 2 heterocycles. The van der Waals surface area contributed by atoms with Gasteiger partial charge < -0.3 is 19.5 Å². The van der Waals surface area contributed by atoms with Gasteiger partial charge in [0.1, 0.15) is 0 Å². The van der Waals surface area contributed by atoms with Crippen molar-refractivity contribution in [2.24, 2.45) is 0 Å². The minimum atomic E-state index is -0.0132. The van der Waals surface area contributed by atoms with Gasteiger partial charge in [-0.1, -0.05) is 0 Å². The first kappa shape index (κ1) is 14.7. The number of aromatic nitrogens is 1. The van der Waals surface area contributed by atoms with Crippen LogP contribution in [0.3, 0.4) is 0 Å². The summed E-state index contributed by atoms with van der Waals surface area (Å²) in [5.74, 6) is 0.485. The first-order chi connectivity index (χ1) is 9.74. The molecule has 1 aromatic heterocycles. The Bertz CT molecular complexity index is 427. The van der Waals surface area contributed by atoms with Gasteiger partial charge in [-0.3, -0.25) is 4.79 Å². The summed E-state index contributed by atoms with van der Waals surface area (Å²) in [6.07, 6.45) is 3.28. The smallest absolute Gasteiger partial charge is 0.255 e. The fourth-order valence-electron chi connectivity index (χ4n) is 2.26. The number of nitrogens with zero attached hydrogens (tertiary/aromatic N) is 2. The standard InChI is InChI=1S/C14H20N2O4/c1-19-13-3-2-11(10-15-13)14(18)16-6-4-12(5-7-16)20-9-8-17/h2-3,10,12,17H,4-9H2,1H3. The quantitative estimate of drug-likeness (QED) is 0.859. The third-order valence-corrected chi connectivity index (χ3v) is 3.37. The van der Waals surface area contributed by atoms with E-state index in [9.17, 15) is 4.79 Å². The van der Waals surface area contributed by atoms with E-state index in [1.165, 1.54) is 6.20 Å². The zero-order chi connectivity index (χ0) is 14.4. The number of ether oxygens (including phenoxy) is 2. The van der Waals surface area contributed by atoms with Crippen molar-refractivity contribution >= 4 is 5.91 Å². The Labute approximate surface area is 118 Å². The Morgan fingerprint density at radius 1 is 1.45 bits per heavy atom. The molecule has 0 radical (unpaired) electrons. The van der Waals surface area contributed by atoms with Crippen LogP contribution in [0.5, 0.6) is 5.88 Å². The third kappa shape index (κ3) is 3.68. The summed E-state index contributed by atoms with van der Waals surface area (Å²) < 4.78 is 10.5. The van der Waals surface area contributed by atoms with Crippen LogP contribution in [-0.4, -0.2) is 60.4 Å². The summed E-state index contributed by atoms with van der Waals surface area (Å²) in [7, 11) is 1.54. The van der Waals surface area contributed by atoms with Gasteiger partial charge in [0.25, 0.3) is 5.91 Å². The largest absolute Gasteiger partial charge is 0.481 e. The van der Waals surface area contributed by atoms with Crippen molar-refractivity contribution in [1.82, 2.24) is 9.88 Å². The molecule has 0 saturated carbocycles. The summed E-state index contributed by atoms with van der Waals surface area (Å²) in [6, 6.07) is 3.41. The van der Waals surface area contributed by atoms with Crippen LogP contribution in [0.2, 0.25) is 0 Å². The summed E-state index contributed by atoms with van der Waals surface area (Å²) in [6.45, 7) is 1.74. The average molecular weight is 280 g/mol. The minimum Gasteiger partial charge on any atom is -0.481 e. The molecule has 6 nitrogen and oxygen atoms in total. The predicted octanol–water partition coefficient (Wildman–Crippen LogP) is 0.704. The van der Waals surface area contributed by atoms with E-state index in [4.69, 9.17) is 14.6 Å². The first-order valence-corrected chi connectivity index (χ1v) is 6.76. The summed E-state index contributed by atoms with van der Waals surface area (Å²) in [5.41, 5.74) is 0.570. The molecule has 1 saturated heterocycles. The molecule has 0 atom stereocenters. The molecule has 20 heavy (non-hydrogen) atoms. The van der Waals surface area contributed by atoms with Crippen molar-refractivity contribution in [2.45, 2.75) is 18.9 Å². The van der Waals surface area contributed by atoms with Crippen molar-refractivity contribution < 1.29 is 19.4 Å². The predicted molar refractivity (Wildman–Crippen MR) is 72.8 cm³/mol. The topological polar surface area (TPSA) is 71.9 Å². The monoisotopic (exact) mass is 280 g/mol. The van der Waals surface area contributed by atoms with Crippen LogP contribution in [0.25, 0.3) is 0 Å². The molecular weight excluding hydrogens is 260 g/mol. The van der Waals surface area contributed by atoms with Crippen molar-refractivity contribution in [3.05, 3.63) is 23.9 Å². The van der Waals surface area contributed by atoms with Crippen molar-refractivity contribution in [3.63, 3.8) is 0 Å². The molecule has 0 bridgehead atoms. The van der Waals surface area contributed by atoms with Crippen LogP contribution >= 0.6 is 0 Å². The molecule has 0 spiro atoms. The van der Waals surface area contributed by atoms with E-state index in [0.29, 0.717) is 31.1 Å². The van der Waals surface area contributed by atoms with E-state index in [1.807, 2.05) is 4.90 Å². The number of hydrogen-bond donors (Lipinski definition) is 1. The highest BCUT2D eigenvalue weighted by Crippen LogP contribution is 2.17. The lowest BCUT2D eigenvalue weighted by Crippen LogP contribution is -2.41. The fourth-order valence-corrected chi connectivity index (χ4v) is 2.26. The van der Waals surface area contributed by atoms with Gasteiger partial charge >= 0.3 is 0 Å². The van der Waals surface area contributed by atoms with Gasteiger partial charge in [-0.25, -0.2) is 4.98 Å². The van der Waals surface area contributed by atoms with Crippen LogP contribution < -0.4 is 4.74 Å². The SMILES string of the molecule is COc1ccc(C(=O)N2CCC(OCCO)CC2)cn1. The Morgan fingerprint density at radius 2 is 2.20 bits per heavy atom. The van der Waals surface area contributed by atoms with Gasteiger partial charge in [-0.2, -0.15) is 0 Å². The molecule has 1 aliphatic heterocycles. The molecule has 1 aromatic rings. The maximum atomic E-state index is 12.3. The normalized spacial score (nSPS) is 16.2. The lowest BCUT2D eigenvalue weighted by atomic mass is 10.1. The molecule has 2 rings (SSSR count). The minimum absolute atomic E-state index is 0.0132. The Morgan fingerprint density at radius 3 is 2.75 bits per heavy atom. The maximum Gasteiger partial charge on any atom is 0.255 e. The van der Waals surface area contributed by atoms with Crippen molar-refractivity contribution in [1.29, 1.82) is 0 Å². The molecule has 1 amide bonds. The molecule has 0 unspecified atom stereocenters. The van der Waals surface area contributed by atoms with E-state index in [-0.39, 0.29) is 18.6 Å². The van der Waals surface area contributed by atoms with Gasteiger partial charge in [-0.15, -0.1) is 0 Å². The number of pyridine rings is 1. The molecule has 6 heteroatoms. The third-order valence-electron chi connectivity index (χ3n) is 3.37. The number of aliphatic hydroxyl groups excluding tert-OH is 1. The molecule has 0 aliphatic carbocycles. The van der Waals surface area contributed by atoms with Crippen LogP contribution in [-0.2, 0) is 4.74 Å². The van der Waals surface area contributed by atoms with Crippen LogP contribution in [0.4, 0.5) is 0 Å². The summed E-state index contributed by atoms with van der Waals surface area (Å²) in [5, 5.41) is 8.72. The number of likely N-dealkylation sites (tertiary alicyclic amines) is 1. The van der Waals surface area contributed by atoms with Gasteiger partial charge in [0.2, 0.25) is 5.88 Å². The van der Waals surface area contributed by atoms with Crippen LogP contribution in [0.1, 0.15) is 23.2 Å². The van der Waals surface area contributed by atoms with Gasteiger partial charge in [-0.05, 0) is 18.9 Å². The van der Waals surface area contributed by atoms with Gasteiger partial charge in [0, 0.05) is 25.4 Å². The summed E-state index contributed by atoms with van der Waals surface area (Å²) in [4.78, 5) is 18.1. The zero-order valence-corrected chi connectivity index (χ0v) is 11.6. The maximum absolute atomic E-state index is 12.3. The molecule has 1 aliphatic rings. The van der Waals surface area contributed by atoms with Gasteiger partial charge in [0.05, 0.1) is 32.0 Å². The number of rotatable bonds is 5. The second-order valence-corrected chi connectivity index (χ2v) is 4.68. The van der Waals surface area contributed by atoms with Gasteiger partial charge in [0.15, 0.2) is 0 Å². The molecule has 110 valence electrons. The van der Waals surface area contributed by atoms with E-state index in [0.717, 1.165) is 12.8 Å². The highest BCUT2D eigenvalue weighted by atomic mass is 16.5. The number of carbonyl (C=O) groups is 1. The number of carbonyl (C=O) groups excluding carboxylic acids is 1. The lowest BCUT2D eigenvalue weighted by Gasteiger charge is -2.31. The van der Waals surface area contributed by atoms with Crippen molar-refractivity contribution in [2.75, 3.05) is 33.4 Å². The highest BCUT2D eigenvalue weighted by molar-refractivity contribution is 5.94. The van der Waals surface area contributed by atoms with Crippen LogP contribution in [0, 0.1) is 0 Å².